The number of carbonyl (C=O) groups excluding carboxylic acids is 1. The Labute approximate surface area is 160 Å². The summed E-state index contributed by atoms with van der Waals surface area (Å²) in [5, 5.41) is 15.2. The Morgan fingerprint density at radius 1 is 1.04 bits per heavy atom. The zero-order chi connectivity index (χ0) is 19.8. The number of nitrogens with one attached hydrogen (secondary N) is 2. The molecule has 5 nitrogen and oxygen atoms in total. The van der Waals surface area contributed by atoms with E-state index in [0.717, 1.165) is 11.3 Å². The molecular weight excluding hydrogens is 338 g/mol. The molecule has 2 aromatic carbocycles. The van der Waals surface area contributed by atoms with Crippen LogP contribution in [0.2, 0.25) is 0 Å². The van der Waals surface area contributed by atoms with E-state index < -0.39 is 5.91 Å². The normalized spacial score (nSPS) is 12.2. The first-order valence-corrected chi connectivity index (χ1v) is 8.86. The van der Waals surface area contributed by atoms with Crippen LogP contribution in [-0.4, -0.2) is 13.0 Å². The van der Waals surface area contributed by atoms with E-state index >= 15 is 0 Å². The van der Waals surface area contributed by atoms with Crippen LogP contribution in [-0.2, 0) is 4.79 Å². The van der Waals surface area contributed by atoms with Crippen LogP contribution in [0.3, 0.4) is 0 Å². The van der Waals surface area contributed by atoms with Crippen molar-refractivity contribution in [3.05, 3.63) is 71.4 Å². The van der Waals surface area contributed by atoms with E-state index in [0.29, 0.717) is 11.6 Å². The number of methoxy groups -OCH3 is 1. The van der Waals surface area contributed by atoms with Crippen LogP contribution < -0.4 is 15.4 Å². The van der Waals surface area contributed by atoms with Gasteiger partial charge in [-0.15, -0.1) is 0 Å². The van der Waals surface area contributed by atoms with Crippen molar-refractivity contribution >= 4 is 11.6 Å². The highest BCUT2D eigenvalue weighted by molar-refractivity contribution is 6.06. The summed E-state index contributed by atoms with van der Waals surface area (Å²) < 4.78 is 5.14. The molecule has 27 heavy (non-hydrogen) atoms. The van der Waals surface area contributed by atoms with Gasteiger partial charge in [-0.2, -0.15) is 5.26 Å². The van der Waals surface area contributed by atoms with Crippen LogP contribution in [0.5, 0.6) is 5.75 Å². The summed E-state index contributed by atoms with van der Waals surface area (Å²) in [6, 6.07) is 17.1. The molecular formula is C22H25N3O2. The standard InChI is InChI=1S/C22H25N3O2/c1-15(2)17-5-9-20(10-6-17)25-22(26)19(13-23)14-24-16(3)18-7-11-21(27-4)12-8-18/h5-12,14-16,24H,1-4H3,(H,25,26)/b19-14-. The largest absolute Gasteiger partial charge is 0.497 e. The Kier molecular flexibility index (Phi) is 7.01. The third-order valence-electron chi connectivity index (χ3n) is 4.29. The molecule has 0 spiro atoms. The minimum Gasteiger partial charge on any atom is -0.497 e. The number of anilines is 1. The van der Waals surface area contributed by atoms with Crippen molar-refractivity contribution in [3.8, 4) is 11.8 Å². The maximum atomic E-state index is 12.3. The minimum atomic E-state index is -0.441. The fraction of sp³-hybridized carbons (Fsp3) is 0.273. The van der Waals surface area contributed by atoms with Crippen molar-refractivity contribution in [3.63, 3.8) is 0 Å². The van der Waals surface area contributed by atoms with Gasteiger partial charge in [0.15, 0.2) is 0 Å². The van der Waals surface area contributed by atoms with Gasteiger partial charge in [0.05, 0.1) is 7.11 Å². The van der Waals surface area contributed by atoms with Crippen molar-refractivity contribution in [1.82, 2.24) is 5.32 Å². The maximum absolute atomic E-state index is 12.3. The molecule has 5 heteroatoms. The van der Waals surface area contributed by atoms with Crippen LogP contribution in [0, 0.1) is 11.3 Å². The topological polar surface area (TPSA) is 74.1 Å². The van der Waals surface area contributed by atoms with Crippen LogP contribution in [0.1, 0.15) is 43.9 Å². The van der Waals surface area contributed by atoms with Crippen LogP contribution >= 0.6 is 0 Å². The molecule has 140 valence electrons. The van der Waals surface area contributed by atoms with Gasteiger partial charge in [0.25, 0.3) is 5.91 Å². The average Bonchev–Trinajstić information content (AvgIpc) is 2.68. The monoisotopic (exact) mass is 363 g/mol. The molecule has 1 atom stereocenters. The number of carbonyl (C=O) groups is 1. The van der Waals surface area contributed by atoms with Crippen molar-refractivity contribution in [2.75, 3.05) is 12.4 Å². The molecule has 0 aliphatic heterocycles. The van der Waals surface area contributed by atoms with Gasteiger partial charge in [-0.3, -0.25) is 4.79 Å². The number of hydrogen-bond acceptors (Lipinski definition) is 4. The first-order valence-electron chi connectivity index (χ1n) is 8.86. The van der Waals surface area contributed by atoms with Crippen molar-refractivity contribution in [1.29, 1.82) is 5.26 Å². The lowest BCUT2D eigenvalue weighted by atomic mass is 10.0. The Bertz CT molecular complexity index is 831. The van der Waals surface area contributed by atoms with E-state index in [1.807, 2.05) is 61.5 Å². The number of rotatable bonds is 7. The molecule has 2 N–H and O–H groups in total. The Morgan fingerprint density at radius 3 is 2.15 bits per heavy atom. The fourth-order valence-electron chi connectivity index (χ4n) is 2.50. The van der Waals surface area contributed by atoms with E-state index in [4.69, 9.17) is 4.74 Å². The predicted molar refractivity (Wildman–Crippen MR) is 107 cm³/mol. The number of nitrogens with zero attached hydrogens (tertiary/aromatic N) is 1. The highest BCUT2D eigenvalue weighted by atomic mass is 16.5. The number of hydrogen-bond donors (Lipinski definition) is 2. The van der Waals surface area contributed by atoms with Gasteiger partial charge in [0.2, 0.25) is 0 Å². The lowest BCUT2D eigenvalue weighted by Gasteiger charge is -2.13. The van der Waals surface area contributed by atoms with Crippen LogP contribution in [0.4, 0.5) is 5.69 Å². The maximum Gasteiger partial charge on any atom is 0.267 e. The molecule has 1 amide bonds. The predicted octanol–water partition coefficient (Wildman–Crippen LogP) is 4.52. The Balaban J connectivity index is 2.01. The van der Waals surface area contributed by atoms with Gasteiger partial charge in [-0.05, 0) is 48.2 Å². The number of nitriles is 1. The first kappa shape index (κ1) is 20.1. The third kappa shape index (κ3) is 5.61. The molecule has 0 aliphatic carbocycles. The summed E-state index contributed by atoms with van der Waals surface area (Å²) in [4.78, 5) is 12.3. The highest BCUT2D eigenvalue weighted by Gasteiger charge is 2.11. The van der Waals surface area contributed by atoms with E-state index in [2.05, 4.69) is 24.5 Å². The van der Waals surface area contributed by atoms with Gasteiger partial charge in [0, 0.05) is 17.9 Å². The third-order valence-corrected chi connectivity index (χ3v) is 4.29. The number of benzene rings is 2. The molecule has 0 radical (unpaired) electrons. The quantitative estimate of drug-likeness (QED) is 0.560. The Hall–Kier alpha value is -3.26. The Morgan fingerprint density at radius 2 is 1.63 bits per heavy atom. The number of ether oxygens (including phenoxy) is 1. The summed E-state index contributed by atoms with van der Waals surface area (Å²) in [5.74, 6) is 0.763. The van der Waals surface area contributed by atoms with Crippen molar-refractivity contribution in [2.24, 2.45) is 0 Å². The zero-order valence-corrected chi connectivity index (χ0v) is 16.1. The van der Waals surface area contributed by atoms with Gasteiger partial charge in [0.1, 0.15) is 17.4 Å². The van der Waals surface area contributed by atoms with Gasteiger partial charge >= 0.3 is 0 Å². The SMILES string of the molecule is COc1ccc(C(C)N/C=C(/C#N)C(=O)Nc2ccc(C(C)C)cc2)cc1. The lowest BCUT2D eigenvalue weighted by Crippen LogP contribution is -2.18. The molecule has 2 aromatic rings. The van der Waals surface area contributed by atoms with Gasteiger partial charge in [-0.25, -0.2) is 0 Å². The second kappa shape index (κ2) is 9.44. The lowest BCUT2D eigenvalue weighted by molar-refractivity contribution is -0.112. The minimum absolute atomic E-state index is 0.0169. The number of amides is 1. The highest BCUT2D eigenvalue weighted by Crippen LogP contribution is 2.19. The van der Waals surface area contributed by atoms with E-state index in [9.17, 15) is 10.1 Å². The molecule has 1 unspecified atom stereocenters. The summed E-state index contributed by atoms with van der Waals surface area (Å²) >= 11 is 0. The van der Waals surface area contributed by atoms with Crippen molar-refractivity contribution in [2.45, 2.75) is 32.7 Å². The van der Waals surface area contributed by atoms with E-state index in [-0.39, 0.29) is 11.6 Å². The van der Waals surface area contributed by atoms with E-state index in [1.165, 1.54) is 11.8 Å². The van der Waals surface area contributed by atoms with Crippen LogP contribution in [0.15, 0.2) is 60.3 Å². The van der Waals surface area contributed by atoms with Gasteiger partial charge in [-0.1, -0.05) is 38.1 Å². The first-order chi connectivity index (χ1) is 12.9. The molecule has 0 heterocycles. The second-order valence-electron chi connectivity index (χ2n) is 6.56. The molecule has 0 saturated carbocycles. The van der Waals surface area contributed by atoms with E-state index in [1.54, 1.807) is 7.11 Å². The molecule has 0 aliphatic rings. The summed E-state index contributed by atoms with van der Waals surface area (Å²) in [6.07, 6.45) is 1.45. The zero-order valence-electron chi connectivity index (χ0n) is 16.1. The van der Waals surface area contributed by atoms with Crippen molar-refractivity contribution < 1.29 is 9.53 Å². The summed E-state index contributed by atoms with van der Waals surface area (Å²) in [5.41, 5.74) is 2.89. The van der Waals surface area contributed by atoms with Crippen LogP contribution in [0.25, 0.3) is 0 Å². The summed E-state index contributed by atoms with van der Waals surface area (Å²) in [6.45, 7) is 6.18. The molecule has 0 fully saturated rings. The molecule has 0 bridgehead atoms. The summed E-state index contributed by atoms with van der Waals surface area (Å²) in [7, 11) is 1.62. The van der Waals surface area contributed by atoms with Gasteiger partial charge < -0.3 is 15.4 Å². The second-order valence-corrected chi connectivity index (χ2v) is 6.56. The average molecular weight is 363 g/mol. The fourth-order valence-corrected chi connectivity index (χ4v) is 2.50. The molecule has 2 rings (SSSR count). The molecule has 0 aromatic heterocycles. The smallest absolute Gasteiger partial charge is 0.267 e. The molecule has 0 saturated heterocycles.